The molecule has 0 saturated heterocycles. The second-order valence-electron chi connectivity index (χ2n) is 5.93. The number of hydrogen-bond acceptors (Lipinski definition) is 4. The fraction of sp³-hybridized carbons (Fsp3) is 0.263. The number of urea groups is 1. The van der Waals surface area contributed by atoms with Crippen molar-refractivity contribution in [1.29, 1.82) is 0 Å². The van der Waals surface area contributed by atoms with Gasteiger partial charge in [0.2, 0.25) is 0 Å². The van der Waals surface area contributed by atoms with Crippen molar-refractivity contribution in [2.75, 3.05) is 30.9 Å². The molecule has 2 aromatic rings. The Bertz CT molecular complexity index is 815. The Hall–Kier alpha value is -3.16. The number of carbonyl (C=O) groups excluding carboxylic acids is 2. The molecule has 2 amide bonds. The molecular weight excluding hydrogens is 356 g/mol. The van der Waals surface area contributed by atoms with E-state index in [0.717, 1.165) is 18.9 Å². The fourth-order valence-corrected chi connectivity index (χ4v) is 2.37. The third-order valence-corrected chi connectivity index (χ3v) is 4.09. The molecule has 144 valence electrons. The zero-order valence-corrected chi connectivity index (χ0v) is 15.3. The highest BCUT2D eigenvalue weighted by Gasteiger charge is 2.18. The molecule has 8 heteroatoms. The molecule has 0 aromatic heterocycles. The van der Waals surface area contributed by atoms with Crippen LogP contribution in [-0.2, 0) is 4.74 Å². The predicted molar refractivity (Wildman–Crippen MR) is 99.0 cm³/mol. The Morgan fingerprint density at radius 1 is 1.15 bits per heavy atom. The molecular formula is C19H21F2N3O3. The predicted octanol–water partition coefficient (Wildman–Crippen LogP) is 3.40. The minimum atomic E-state index is -1.07. The number of rotatable bonds is 6. The van der Waals surface area contributed by atoms with Crippen LogP contribution in [0.25, 0.3) is 0 Å². The highest BCUT2D eigenvalue weighted by molar-refractivity contribution is 5.94. The van der Waals surface area contributed by atoms with Crippen LogP contribution >= 0.6 is 0 Å². The summed E-state index contributed by atoms with van der Waals surface area (Å²) < 4.78 is 31.9. The lowest BCUT2D eigenvalue weighted by molar-refractivity contribution is 0.0595. The summed E-state index contributed by atoms with van der Waals surface area (Å²) in [6.07, 6.45) is 0. The van der Waals surface area contributed by atoms with E-state index in [1.54, 1.807) is 0 Å². The van der Waals surface area contributed by atoms with Gasteiger partial charge in [-0.25, -0.2) is 18.4 Å². The van der Waals surface area contributed by atoms with Crippen molar-refractivity contribution in [3.63, 3.8) is 0 Å². The van der Waals surface area contributed by atoms with Gasteiger partial charge in [0.15, 0.2) is 0 Å². The number of para-hydroxylation sites is 1. The maximum absolute atomic E-state index is 13.9. The first-order valence-corrected chi connectivity index (χ1v) is 8.23. The molecule has 0 bridgehead atoms. The van der Waals surface area contributed by atoms with Crippen LogP contribution in [0.2, 0.25) is 0 Å². The Balaban J connectivity index is 1.98. The average molecular weight is 377 g/mol. The van der Waals surface area contributed by atoms with Crippen LogP contribution in [0, 0.1) is 11.6 Å². The van der Waals surface area contributed by atoms with Crippen LogP contribution in [-0.4, -0.2) is 38.7 Å². The van der Waals surface area contributed by atoms with Gasteiger partial charge in [0, 0.05) is 31.4 Å². The first-order valence-electron chi connectivity index (χ1n) is 8.23. The quantitative estimate of drug-likeness (QED) is 0.757. The number of anilines is 2. The van der Waals surface area contributed by atoms with Crippen molar-refractivity contribution in [3.05, 3.63) is 59.7 Å². The zero-order chi connectivity index (χ0) is 20.0. The first kappa shape index (κ1) is 20.2. The fourth-order valence-electron chi connectivity index (χ4n) is 2.37. The lowest BCUT2D eigenvalue weighted by atomic mass is 10.2. The standard InChI is InChI=1S/C19H21F2N3O3/c1-12(24(2)13-7-5-4-6-8-13)11-22-19(26)23-17-9-14(18(25)27-3)15(20)10-16(17)21/h4-10,12H,11H2,1-3H3,(H2,22,23,26). The summed E-state index contributed by atoms with van der Waals surface area (Å²) >= 11 is 0. The number of ether oxygens (including phenoxy) is 1. The van der Waals surface area contributed by atoms with Gasteiger partial charge < -0.3 is 20.3 Å². The Morgan fingerprint density at radius 2 is 1.81 bits per heavy atom. The molecule has 1 atom stereocenters. The number of methoxy groups -OCH3 is 1. The number of esters is 1. The molecule has 0 aliphatic heterocycles. The molecule has 0 fully saturated rings. The molecule has 0 saturated carbocycles. The van der Waals surface area contributed by atoms with Gasteiger partial charge in [-0.3, -0.25) is 0 Å². The van der Waals surface area contributed by atoms with Crippen LogP contribution < -0.4 is 15.5 Å². The minimum Gasteiger partial charge on any atom is -0.465 e. The number of halogens is 2. The van der Waals surface area contributed by atoms with Crippen LogP contribution in [0.5, 0.6) is 0 Å². The van der Waals surface area contributed by atoms with Gasteiger partial charge >= 0.3 is 12.0 Å². The van der Waals surface area contributed by atoms with Gasteiger partial charge in [0.05, 0.1) is 18.4 Å². The number of nitrogens with one attached hydrogen (secondary N) is 2. The van der Waals surface area contributed by atoms with Crippen molar-refractivity contribution in [2.45, 2.75) is 13.0 Å². The Morgan fingerprint density at radius 3 is 2.44 bits per heavy atom. The van der Waals surface area contributed by atoms with Gasteiger partial charge in [-0.05, 0) is 25.1 Å². The Kier molecular flexibility index (Phi) is 6.70. The summed E-state index contributed by atoms with van der Waals surface area (Å²) in [5.41, 5.74) is 0.198. The summed E-state index contributed by atoms with van der Waals surface area (Å²) in [5.74, 6) is -3.03. The monoisotopic (exact) mass is 377 g/mol. The highest BCUT2D eigenvalue weighted by atomic mass is 19.1. The number of carbonyl (C=O) groups is 2. The molecule has 2 N–H and O–H groups in total. The largest absolute Gasteiger partial charge is 0.465 e. The first-order chi connectivity index (χ1) is 12.8. The number of benzene rings is 2. The van der Waals surface area contributed by atoms with Crippen molar-refractivity contribution < 1.29 is 23.1 Å². The lowest BCUT2D eigenvalue weighted by Crippen LogP contribution is -2.41. The number of likely N-dealkylation sites (N-methyl/N-ethyl adjacent to an activating group) is 1. The van der Waals surface area contributed by atoms with E-state index in [1.165, 1.54) is 0 Å². The highest BCUT2D eigenvalue weighted by Crippen LogP contribution is 2.20. The number of amides is 2. The third kappa shape index (κ3) is 5.16. The normalized spacial score (nSPS) is 11.4. The van der Waals surface area contributed by atoms with E-state index in [1.807, 2.05) is 49.2 Å². The molecule has 0 heterocycles. The van der Waals surface area contributed by atoms with Crippen LogP contribution in [0.15, 0.2) is 42.5 Å². The second kappa shape index (κ2) is 8.98. The molecule has 2 rings (SSSR count). The zero-order valence-electron chi connectivity index (χ0n) is 15.3. The second-order valence-corrected chi connectivity index (χ2v) is 5.93. The van der Waals surface area contributed by atoms with Gasteiger partial charge in [0.25, 0.3) is 0 Å². The van der Waals surface area contributed by atoms with Crippen molar-refractivity contribution in [1.82, 2.24) is 5.32 Å². The molecule has 0 spiro atoms. The molecule has 0 aliphatic rings. The minimum absolute atomic E-state index is 0.0400. The molecule has 27 heavy (non-hydrogen) atoms. The molecule has 6 nitrogen and oxygen atoms in total. The molecule has 0 aliphatic carbocycles. The van der Waals surface area contributed by atoms with E-state index < -0.39 is 29.2 Å². The Labute approximate surface area is 156 Å². The summed E-state index contributed by atoms with van der Waals surface area (Å²) in [7, 11) is 2.97. The average Bonchev–Trinajstić information content (AvgIpc) is 2.67. The SMILES string of the molecule is COC(=O)c1cc(NC(=O)NCC(C)N(C)c2ccccc2)c(F)cc1F. The van der Waals surface area contributed by atoms with E-state index in [2.05, 4.69) is 15.4 Å². The van der Waals surface area contributed by atoms with Crippen LogP contribution in [0.1, 0.15) is 17.3 Å². The van der Waals surface area contributed by atoms with E-state index in [9.17, 15) is 18.4 Å². The number of nitrogens with zero attached hydrogens (tertiary/aromatic N) is 1. The van der Waals surface area contributed by atoms with E-state index >= 15 is 0 Å². The smallest absolute Gasteiger partial charge is 0.340 e. The molecule has 0 radical (unpaired) electrons. The van der Waals surface area contributed by atoms with Crippen LogP contribution in [0.4, 0.5) is 25.0 Å². The van der Waals surface area contributed by atoms with Crippen molar-refractivity contribution in [2.24, 2.45) is 0 Å². The molecule has 2 aromatic carbocycles. The number of hydrogen-bond donors (Lipinski definition) is 2. The summed E-state index contributed by atoms with van der Waals surface area (Å²) in [6, 6.07) is 10.3. The van der Waals surface area contributed by atoms with Gasteiger partial charge in [-0.2, -0.15) is 0 Å². The van der Waals surface area contributed by atoms with E-state index in [-0.39, 0.29) is 18.3 Å². The summed E-state index contributed by atoms with van der Waals surface area (Å²) in [5, 5.41) is 4.89. The van der Waals surface area contributed by atoms with Crippen molar-refractivity contribution in [3.8, 4) is 0 Å². The van der Waals surface area contributed by atoms with Gasteiger partial charge in [-0.15, -0.1) is 0 Å². The summed E-state index contributed by atoms with van der Waals surface area (Å²) in [4.78, 5) is 25.5. The van der Waals surface area contributed by atoms with E-state index in [4.69, 9.17) is 0 Å². The lowest BCUT2D eigenvalue weighted by Gasteiger charge is -2.27. The van der Waals surface area contributed by atoms with Crippen molar-refractivity contribution >= 4 is 23.4 Å². The topological polar surface area (TPSA) is 70.7 Å². The van der Waals surface area contributed by atoms with Crippen LogP contribution in [0.3, 0.4) is 0 Å². The molecule has 1 unspecified atom stereocenters. The maximum atomic E-state index is 13.9. The van der Waals surface area contributed by atoms with Gasteiger partial charge in [-0.1, -0.05) is 18.2 Å². The van der Waals surface area contributed by atoms with E-state index in [0.29, 0.717) is 6.07 Å². The summed E-state index contributed by atoms with van der Waals surface area (Å²) in [6.45, 7) is 2.20. The van der Waals surface area contributed by atoms with Gasteiger partial charge in [0.1, 0.15) is 11.6 Å². The third-order valence-electron chi connectivity index (χ3n) is 4.09. The maximum Gasteiger partial charge on any atom is 0.340 e.